The van der Waals surface area contributed by atoms with Crippen molar-refractivity contribution in [2.75, 3.05) is 13.2 Å². The summed E-state index contributed by atoms with van der Waals surface area (Å²) in [5, 5.41) is 20.3. The molecule has 13 heavy (non-hydrogen) atoms. The summed E-state index contributed by atoms with van der Waals surface area (Å²) in [6.07, 6.45) is 1.66. The van der Waals surface area contributed by atoms with Crippen LogP contribution in [0.4, 0.5) is 0 Å². The lowest BCUT2D eigenvalue weighted by atomic mass is 9.95. The van der Waals surface area contributed by atoms with Gasteiger partial charge in [0.2, 0.25) is 0 Å². The number of rotatable bonds is 7. The Morgan fingerprint density at radius 2 is 2.15 bits per heavy atom. The quantitative estimate of drug-likeness (QED) is 0.548. The topological polar surface area (TPSA) is 69.6 Å². The predicted octanol–water partition coefficient (Wildman–Crippen LogP) is 0.602. The summed E-state index contributed by atoms with van der Waals surface area (Å²) >= 11 is 0. The first kappa shape index (κ1) is 12.4. The average molecular weight is 189 g/mol. The van der Waals surface area contributed by atoms with Crippen LogP contribution < -0.4 is 5.32 Å². The van der Waals surface area contributed by atoms with Gasteiger partial charge in [0.15, 0.2) is 0 Å². The maximum Gasteiger partial charge on any atom is 0.304 e. The van der Waals surface area contributed by atoms with E-state index in [-0.39, 0.29) is 18.6 Å². The molecule has 0 aromatic rings. The zero-order chi connectivity index (χ0) is 10.3. The van der Waals surface area contributed by atoms with Crippen LogP contribution in [-0.2, 0) is 4.79 Å². The number of aliphatic hydroxyl groups is 1. The second-order valence-corrected chi connectivity index (χ2v) is 3.46. The van der Waals surface area contributed by atoms with E-state index in [1.54, 1.807) is 0 Å². The molecule has 0 fully saturated rings. The second kappa shape index (κ2) is 5.94. The molecule has 0 spiro atoms. The summed E-state index contributed by atoms with van der Waals surface area (Å²) in [5.41, 5.74) is -0.135. The normalized spacial score (nSPS) is 15.3. The highest BCUT2D eigenvalue weighted by Gasteiger charge is 2.20. The number of aliphatic hydroxyl groups excluding tert-OH is 1. The fraction of sp³-hybridized carbons (Fsp3) is 0.889. The highest BCUT2D eigenvalue weighted by molar-refractivity contribution is 5.66. The molecule has 78 valence electrons. The molecule has 0 bridgehead atoms. The Kier molecular flexibility index (Phi) is 5.66. The van der Waals surface area contributed by atoms with E-state index in [9.17, 15) is 4.79 Å². The molecular weight excluding hydrogens is 170 g/mol. The lowest BCUT2D eigenvalue weighted by molar-refractivity contribution is -0.136. The van der Waals surface area contributed by atoms with Gasteiger partial charge in [-0.3, -0.25) is 4.79 Å². The van der Waals surface area contributed by atoms with Gasteiger partial charge in [-0.1, -0.05) is 6.92 Å². The van der Waals surface area contributed by atoms with E-state index >= 15 is 0 Å². The lowest BCUT2D eigenvalue weighted by Gasteiger charge is -2.28. The van der Waals surface area contributed by atoms with E-state index in [2.05, 4.69) is 5.32 Å². The summed E-state index contributed by atoms with van der Waals surface area (Å²) in [7, 11) is 0. The summed E-state index contributed by atoms with van der Waals surface area (Å²) in [5.74, 6) is -0.796. The molecule has 0 saturated carbocycles. The first-order chi connectivity index (χ1) is 6.04. The SMILES string of the molecule is CCC(C)(CCO)NCCC(=O)O. The number of hydrogen-bond acceptors (Lipinski definition) is 3. The van der Waals surface area contributed by atoms with E-state index in [1.807, 2.05) is 13.8 Å². The van der Waals surface area contributed by atoms with E-state index in [1.165, 1.54) is 0 Å². The Labute approximate surface area is 79.0 Å². The van der Waals surface area contributed by atoms with Crippen LogP contribution in [0.5, 0.6) is 0 Å². The number of carboxylic acids is 1. The van der Waals surface area contributed by atoms with Crippen molar-refractivity contribution in [3.63, 3.8) is 0 Å². The number of hydrogen-bond donors (Lipinski definition) is 3. The Hall–Kier alpha value is -0.610. The fourth-order valence-electron chi connectivity index (χ4n) is 1.11. The van der Waals surface area contributed by atoms with E-state index in [0.29, 0.717) is 13.0 Å². The van der Waals surface area contributed by atoms with Gasteiger partial charge in [-0.2, -0.15) is 0 Å². The van der Waals surface area contributed by atoms with Crippen molar-refractivity contribution < 1.29 is 15.0 Å². The van der Waals surface area contributed by atoms with Gasteiger partial charge in [-0.05, 0) is 19.8 Å². The smallest absolute Gasteiger partial charge is 0.304 e. The summed E-state index contributed by atoms with van der Waals surface area (Å²) in [6, 6.07) is 0. The van der Waals surface area contributed by atoms with Crippen molar-refractivity contribution in [3.8, 4) is 0 Å². The van der Waals surface area contributed by atoms with Crippen LogP contribution in [0, 0.1) is 0 Å². The summed E-state index contributed by atoms with van der Waals surface area (Å²) in [4.78, 5) is 10.2. The van der Waals surface area contributed by atoms with Gasteiger partial charge in [0.25, 0.3) is 0 Å². The Bertz CT molecular complexity index is 161. The van der Waals surface area contributed by atoms with Crippen molar-refractivity contribution in [2.45, 2.75) is 38.6 Å². The van der Waals surface area contributed by atoms with Crippen molar-refractivity contribution in [1.82, 2.24) is 5.32 Å². The van der Waals surface area contributed by atoms with Crippen molar-refractivity contribution in [1.29, 1.82) is 0 Å². The maximum atomic E-state index is 10.2. The van der Waals surface area contributed by atoms with Gasteiger partial charge in [0, 0.05) is 18.7 Å². The molecule has 0 saturated heterocycles. The molecule has 0 heterocycles. The van der Waals surface area contributed by atoms with Gasteiger partial charge in [0.1, 0.15) is 0 Å². The monoisotopic (exact) mass is 189 g/mol. The Morgan fingerprint density at radius 3 is 2.54 bits per heavy atom. The van der Waals surface area contributed by atoms with Crippen molar-refractivity contribution in [3.05, 3.63) is 0 Å². The van der Waals surface area contributed by atoms with E-state index < -0.39 is 5.97 Å². The fourth-order valence-corrected chi connectivity index (χ4v) is 1.11. The number of aliphatic carboxylic acids is 1. The third-order valence-corrected chi connectivity index (χ3v) is 2.33. The second-order valence-electron chi connectivity index (χ2n) is 3.46. The third kappa shape index (κ3) is 5.60. The van der Waals surface area contributed by atoms with Crippen LogP contribution in [0.3, 0.4) is 0 Å². The van der Waals surface area contributed by atoms with E-state index in [4.69, 9.17) is 10.2 Å². The molecule has 0 radical (unpaired) electrons. The predicted molar refractivity (Wildman–Crippen MR) is 50.7 cm³/mol. The lowest BCUT2D eigenvalue weighted by Crippen LogP contribution is -2.43. The third-order valence-electron chi connectivity index (χ3n) is 2.33. The van der Waals surface area contributed by atoms with Gasteiger partial charge >= 0.3 is 5.97 Å². The molecule has 0 amide bonds. The number of carboxylic acid groups (broad SMARTS) is 1. The largest absolute Gasteiger partial charge is 0.481 e. The minimum absolute atomic E-state index is 0.126. The molecule has 0 aliphatic rings. The summed E-state index contributed by atoms with van der Waals surface area (Å²) in [6.45, 7) is 4.60. The highest BCUT2D eigenvalue weighted by Crippen LogP contribution is 2.13. The maximum absolute atomic E-state index is 10.2. The minimum atomic E-state index is -0.796. The molecule has 0 aromatic carbocycles. The molecule has 1 unspecified atom stereocenters. The molecule has 0 aromatic heterocycles. The van der Waals surface area contributed by atoms with E-state index in [0.717, 1.165) is 6.42 Å². The molecule has 3 N–H and O–H groups in total. The van der Waals surface area contributed by atoms with Crippen molar-refractivity contribution in [2.24, 2.45) is 0 Å². The van der Waals surface area contributed by atoms with Gasteiger partial charge < -0.3 is 15.5 Å². The number of nitrogens with one attached hydrogen (secondary N) is 1. The van der Waals surface area contributed by atoms with Crippen molar-refractivity contribution >= 4 is 5.97 Å². The zero-order valence-electron chi connectivity index (χ0n) is 8.34. The standard InChI is InChI=1S/C9H19NO3/c1-3-9(2,5-7-11)10-6-4-8(12)13/h10-11H,3-7H2,1-2H3,(H,12,13). The minimum Gasteiger partial charge on any atom is -0.481 e. The molecule has 0 aliphatic carbocycles. The zero-order valence-corrected chi connectivity index (χ0v) is 8.34. The van der Waals surface area contributed by atoms with Gasteiger partial charge in [-0.15, -0.1) is 0 Å². The first-order valence-electron chi connectivity index (χ1n) is 4.62. The molecule has 4 nitrogen and oxygen atoms in total. The number of carbonyl (C=O) groups is 1. The Balaban J connectivity index is 3.76. The average Bonchev–Trinajstić information content (AvgIpc) is 2.04. The highest BCUT2D eigenvalue weighted by atomic mass is 16.4. The van der Waals surface area contributed by atoms with Crippen LogP contribution in [0.1, 0.15) is 33.1 Å². The van der Waals surface area contributed by atoms with Crippen LogP contribution >= 0.6 is 0 Å². The van der Waals surface area contributed by atoms with Crippen LogP contribution in [0.2, 0.25) is 0 Å². The van der Waals surface area contributed by atoms with Crippen LogP contribution in [0.15, 0.2) is 0 Å². The molecule has 0 rings (SSSR count). The van der Waals surface area contributed by atoms with Crippen LogP contribution in [0.25, 0.3) is 0 Å². The molecular formula is C9H19NO3. The van der Waals surface area contributed by atoms with Gasteiger partial charge in [-0.25, -0.2) is 0 Å². The molecule has 0 aliphatic heterocycles. The first-order valence-corrected chi connectivity index (χ1v) is 4.62. The molecule has 1 atom stereocenters. The Morgan fingerprint density at radius 1 is 1.54 bits per heavy atom. The van der Waals surface area contributed by atoms with Gasteiger partial charge in [0.05, 0.1) is 6.42 Å². The van der Waals surface area contributed by atoms with Crippen LogP contribution in [-0.4, -0.2) is 34.9 Å². The molecule has 4 heteroatoms. The summed E-state index contributed by atoms with van der Waals surface area (Å²) < 4.78 is 0.